The van der Waals surface area contributed by atoms with Crippen molar-refractivity contribution in [1.29, 1.82) is 0 Å². The van der Waals surface area contributed by atoms with Gasteiger partial charge in [-0.25, -0.2) is 12.8 Å². The van der Waals surface area contributed by atoms with Gasteiger partial charge in [0.1, 0.15) is 16.5 Å². The summed E-state index contributed by atoms with van der Waals surface area (Å²) in [5.41, 5.74) is 0.446. The van der Waals surface area contributed by atoms with Gasteiger partial charge < -0.3 is 9.64 Å². The molecule has 0 N–H and O–H groups in total. The van der Waals surface area contributed by atoms with Crippen molar-refractivity contribution in [1.82, 2.24) is 9.21 Å². The van der Waals surface area contributed by atoms with Crippen molar-refractivity contribution < 1.29 is 22.3 Å². The van der Waals surface area contributed by atoms with Crippen molar-refractivity contribution in [3.63, 3.8) is 0 Å². The Bertz CT molecular complexity index is 1020. The summed E-state index contributed by atoms with van der Waals surface area (Å²) in [4.78, 5) is 14.3. The standard InChI is InChI=1S/C21H24ClFN2O4S/c1-24(14-16-5-3-4-6-18(16)23)21(26)15-9-11-25(12-10-15)30(27,28)20-13-17(22)7-8-19(20)29-2/h3-8,13,15H,9-12,14H2,1-2H3. The zero-order valence-corrected chi connectivity index (χ0v) is 18.4. The monoisotopic (exact) mass is 454 g/mol. The Hall–Kier alpha value is -2.16. The highest BCUT2D eigenvalue weighted by Gasteiger charge is 2.34. The maximum absolute atomic E-state index is 13.9. The number of nitrogens with zero attached hydrogens (tertiary/aromatic N) is 2. The van der Waals surface area contributed by atoms with Crippen LogP contribution in [0, 0.1) is 11.7 Å². The number of carbonyl (C=O) groups is 1. The molecule has 1 fully saturated rings. The molecule has 1 aliphatic heterocycles. The lowest BCUT2D eigenvalue weighted by atomic mass is 9.96. The number of piperidine rings is 1. The maximum Gasteiger partial charge on any atom is 0.246 e. The Morgan fingerprint density at radius 2 is 1.90 bits per heavy atom. The van der Waals surface area contributed by atoms with E-state index in [1.807, 2.05) is 0 Å². The third-order valence-electron chi connectivity index (χ3n) is 5.29. The molecule has 1 heterocycles. The van der Waals surface area contributed by atoms with E-state index < -0.39 is 10.0 Å². The van der Waals surface area contributed by atoms with E-state index in [1.165, 1.54) is 34.5 Å². The van der Waals surface area contributed by atoms with E-state index in [0.717, 1.165) is 0 Å². The first-order valence-electron chi connectivity index (χ1n) is 9.56. The molecule has 6 nitrogen and oxygen atoms in total. The molecule has 2 aromatic rings. The summed E-state index contributed by atoms with van der Waals surface area (Å²) in [6.45, 7) is 0.591. The van der Waals surface area contributed by atoms with Gasteiger partial charge in [-0.05, 0) is 37.1 Å². The second kappa shape index (κ2) is 9.32. The van der Waals surface area contributed by atoms with Crippen molar-refractivity contribution >= 4 is 27.5 Å². The van der Waals surface area contributed by atoms with E-state index in [-0.39, 0.29) is 47.9 Å². The van der Waals surface area contributed by atoms with Crippen LogP contribution in [0.2, 0.25) is 5.02 Å². The molecule has 2 aromatic carbocycles. The average molecular weight is 455 g/mol. The lowest BCUT2D eigenvalue weighted by Gasteiger charge is -2.32. The maximum atomic E-state index is 13.9. The number of rotatable bonds is 6. The first kappa shape index (κ1) is 22.5. The number of methoxy groups -OCH3 is 1. The molecule has 9 heteroatoms. The van der Waals surface area contributed by atoms with Crippen molar-refractivity contribution in [3.05, 3.63) is 58.9 Å². The van der Waals surface area contributed by atoms with Gasteiger partial charge in [0, 0.05) is 43.2 Å². The Kier molecular flexibility index (Phi) is 7.00. The van der Waals surface area contributed by atoms with Crippen LogP contribution in [-0.2, 0) is 21.4 Å². The number of hydrogen-bond donors (Lipinski definition) is 0. The van der Waals surface area contributed by atoms with Crippen molar-refractivity contribution in [3.8, 4) is 5.75 Å². The number of carbonyl (C=O) groups excluding carboxylic acids is 1. The highest BCUT2D eigenvalue weighted by atomic mass is 35.5. The Morgan fingerprint density at radius 3 is 2.53 bits per heavy atom. The summed E-state index contributed by atoms with van der Waals surface area (Å²) < 4.78 is 46.5. The van der Waals surface area contributed by atoms with Crippen LogP contribution in [0.15, 0.2) is 47.4 Å². The summed E-state index contributed by atoms with van der Waals surface area (Å²) in [6, 6.07) is 10.8. The second-order valence-electron chi connectivity index (χ2n) is 7.26. The zero-order chi connectivity index (χ0) is 21.9. The number of amides is 1. The van der Waals surface area contributed by atoms with Crippen LogP contribution in [0.3, 0.4) is 0 Å². The second-order valence-corrected chi connectivity index (χ2v) is 9.60. The fourth-order valence-corrected chi connectivity index (χ4v) is 5.49. The molecule has 30 heavy (non-hydrogen) atoms. The van der Waals surface area contributed by atoms with Crippen LogP contribution < -0.4 is 4.74 Å². The van der Waals surface area contributed by atoms with Gasteiger partial charge in [-0.2, -0.15) is 4.31 Å². The predicted molar refractivity (Wildman–Crippen MR) is 112 cm³/mol. The largest absolute Gasteiger partial charge is 0.495 e. The quantitative estimate of drug-likeness (QED) is 0.669. The molecule has 0 saturated carbocycles. The average Bonchev–Trinajstić information content (AvgIpc) is 2.74. The third-order valence-corrected chi connectivity index (χ3v) is 7.44. The van der Waals surface area contributed by atoms with Gasteiger partial charge in [-0.15, -0.1) is 0 Å². The molecule has 1 saturated heterocycles. The molecule has 3 rings (SSSR count). The van der Waals surface area contributed by atoms with Crippen LogP contribution in [0.5, 0.6) is 5.75 Å². The lowest BCUT2D eigenvalue weighted by molar-refractivity contribution is -0.136. The SMILES string of the molecule is COc1ccc(Cl)cc1S(=O)(=O)N1CCC(C(=O)N(C)Cc2ccccc2F)CC1. The summed E-state index contributed by atoms with van der Waals surface area (Å²) in [6.07, 6.45) is 0.783. The van der Waals surface area contributed by atoms with Crippen LogP contribution in [0.4, 0.5) is 4.39 Å². The van der Waals surface area contributed by atoms with Crippen LogP contribution in [-0.4, -0.2) is 50.8 Å². The minimum Gasteiger partial charge on any atom is -0.495 e. The first-order valence-corrected chi connectivity index (χ1v) is 11.4. The van der Waals surface area contributed by atoms with Gasteiger partial charge in [0.2, 0.25) is 15.9 Å². The third kappa shape index (κ3) is 4.77. The van der Waals surface area contributed by atoms with Gasteiger partial charge in [0.05, 0.1) is 7.11 Å². The molecule has 0 radical (unpaired) electrons. The van der Waals surface area contributed by atoms with E-state index in [2.05, 4.69) is 0 Å². The molecule has 0 aromatic heterocycles. The molecular weight excluding hydrogens is 431 g/mol. The highest BCUT2D eigenvalue weighted by molar-refractivity contribution is 7.89. The smallest absolute Gasteiger partial charge is 0.246 e. The van der Waals surface area contributed by atoms with Gasteiger partial charge in [0.25, 0.3) is 0 Å². The first-order chi connectivity index (χ1) is 14.2. The minimum absolute atomic E-state index is 0.0129. The van der Waals surface area contributed by atoms with Crippen molar-refractivity contribution in [2.45, 2.75) is 24.3 Å². The van der Waals surface area contributed by atoms with Crippen LogP contribution >= 0.6 is 11.6 Å². The molecule has 0 bridgehead atoms. The van der Waals surface area contributed by atoms with Gasteiger partial charge >= 0.3 is 0 Å². The van der Waals surface area contributed by atoms with Gasteiger partial charge in [-0.1, -0.05) is 29.8 Å². The Labute approximate surface area is 181 Å². The van der Waals surface area contributed by atoms with Gasteiger partial charge in [-0.3, -0.25) is 4.79 Å². The van der Waals surface area contributed by atoms with Crippen LogP contribution in [0.1, 0.15) is 18.4 Å². The summed E-state index contributed by atoms with van der Waals surface area (Å²) >= 11 is 5.98. The molecule has 0 aliphatic carbocycles. The topological polar surface area (TPSA) is 66.9 Å². The van der Waals surface area contributed by atoms with E-state index >= 15 is 0 Å². The molecule has 0 atom stereocenters. The number of hydrogen-bond acceptors (Lipinski definition) is 4. The van der Waals surface area contributed by atoms with E-state index in [9.17, 15) is 17.6 Å². The van der Waals surface area contributed by atoms with Crippen LogP contribution in [0.25, 0.3) is 0 Å². The van der Waals surface area contributed by atoms with Crippen molar-refractivity contribution in [2.24, 2.45) is 5.92 Å². The van der Waals surface area contributed by atoms with E-state index in [4.69, 9.17) is 16.3 Å². The molecular formula is C21H24ClFN2O4S. The van der Waals surface area contributed by atoms with E-state index in [0.29, 0.717) is 23.4 Å². The predicted octanol–water partition coefficient (Wildman–Crippen LogP) is 3.55. The number of halogens is 2. The fourth-order valence-electron chi connectivity index (χ4n) is 3.61. The molecule has 162 valence electrons. The molecule has 1 aliphatic rings. The summed E-state index contributed by atoms with van der Waals surface area (Å²) in [7, 11) is -0.766. The van der Waals surface area contributed by atoms with E-state index in [1.54, 1.807) is 31.3 Å². The summed E-state index contributed by atoms with van der Waals surface area (Å²) in [5.74, 6) is -0.555. The minimum atomic E-state index is -3.80. The number of benzene rings is 2. The summed E-state index contributed by atoms with van der Waals surface area (Å²) in [5, 5.41) is 0.300. The highest BCUT2D eigenvalue weighted by Crippen LogP contribution is 2.32. The number of sulfonamides is 1. The zero-order valence-electron chi connectivity index (χ0n) is 16.8. The van der Waals surface area contributed by atoms with Gasteiger partial charge in [0.15, 0.2) is 0 Å². The Morgan fingerprint density at radius 1 is 1.23 bits per heavy atom. The molecule has 0 spiro atoms. The fraction of sp³-hybridized carbons (Fsp3) is 0.381. The number of ether oxygens (including phenoxy) is 1. The molecule has 0 unspecified atom stereocenters. The normalized spacial score (nSPS) is 15.7. The Balaban J connectivity index is 1.66. The van der Waals surface area contributed by atoms with Crippen molar-refractivity contribution in [2.75, 3.05) is 27.2 Å². The molecule has 1 amide bonds. The lowest BCUT2D eigenvalue weighted by Crippen LogP contribution is -2.43.